The topological polar surface area (TPSA) is 57.6 Å². The van der Waals surface area contributed by atoms with E-state index in [9.17, 15) is 14.7 Å². The Hall–Kier alpha value is -3.70. The number of thiophene rings is 1. The molecule has 0 spiro atoms. The number of hydrogen-bond donors (Lipinski definition) is 1. The Balaban J connectivity index is 1.73. The van der Waals surface area contributed by atoms with Crippen molar-refractivity contribution < 1.29 is 14.7 Å². The third kappa shape index (κ3) is 3.41. The van der Waals surface area contributed by atoms with Gasteiger partial charge in [-0.2, -0.15) is 0 Å². The molecule has 5 heteroatoms. The highest BCUT2D eigenvalue weighted by Gasteiger charge is 2.46. The highest BCUT2D eigenvalue weighted by molar-refractivity contribution is 7.09. The maximum atomic E-state index is 13.3. The molecule has 1 fully saturated rings. The van der Waals surface area contributed by atoms with Crippen LogP contribution in [0.5, 0.6) is 0 Å². The Morgan fingerprint density at radius 2 is 1.75 bits per heavy atom. The third-order valence-corrected chi connectivity index (χ3v) is 6.71. The molecule has 0 saturated carbocycles. The van der Waals surface area contributed by atoms with E-state index >= 15 is 0 Å². The summed E-state index contributed by atoms with van der Waals surface area (Å²) in [5.74, 6) is -1.38. The van der Waals surface area contributed by atoms with Crippen molar-refractivity contribution in [3.63, 3.8) is 0 Å². The Morgan fingerprint density at radius 1 is 0.969 bits per heavy atom. The van der Waals surface area contributed by atoms with Crippen LogP contribution in [0.2, 0.25) is 0 Å². The molecular weight excluding hydrogens is 418 g/mol. The number of Topliss-reactive ketones (excluding diaryl/α,β-unsaturated/α-hetero) is 1. The second kappa shape index (κ2) is 8.09. The number of carbonyl (C=O) groups is 2. The molecule has 4 aromatic rings. The molecule has 158 valence electrons. The van der Waals surface area contributed by atoms with E-state index in [0.29, 0.717) is 12.1 Å². The minimum absolute atomic E-state index is 0.133. The quantitative estimate of drug-likeness (QED) is 0.247. The van der Waals surface area contributed by atoms with E-state index in [-0.39, 0.29) is 11.3 Å². The van der Waals surface area contributed by atoms with E-state index in [0.717, 1.165) is 26.8 Å². The molecule has 1 aliphatic rings. The first kappa shape index (κ1) is 20.2. The number of fused-ring (bicyclic) bond motifs is 1. The summed E-state index contributed by atoms with van der Waals surface area (Å²) in [5.41, 5.74) is 2.51. The molecule has 1 amide bonds. The summed E-state index contributed by atoms with van der Waals surface area (Å²) >= 11 is 1.54. The van der Waals surface area contributed by atoms with E-state index in [1.807, 2.05) is 85.1 Å². The molecule has 3 aromatic carbocycles. The van der Waals surface area contributed by atoms with Crippen molar-refractivity contribution in [3.8, 4) is 0 Å². The van der Waals surface area contributed by atoms with Crippen molar-refractivity contribution in [2.45, 2.75) is 19.5 Å². The van der Waals surface area contributed by atoms with Gasteiger partial charge in [0.15, 0.2) is 0 Å². The van der Waals surface area contributed by atoms with E-state index < -0.39 is 17.7 Å². The van der Waals surface area contributed by atoms with E-state index in [2.05, 4.69) is 0 Å². The summed E-state index contributed by atoms with van der Waals surface area (Å²) in [5, 5.41) is 15.2. The molecule has 1 aliphatic heterocycles. The first-order chi connectivity index (χ1) is 15.5. The first-order valence-corrected chi connectivity index (χ1v) is 11.3. The lowest BCUT2D eigenvalue weighted by molar-refractivity contribution is -0.140. The molecule has 0 bridgehead atoms. The summed E-state index contributed by atoms with van der Waals surface area (Å²) in [6.45, 7) is 2.28. The summed E-state index contributed by atoms with van der Waals surface area (Å²) in [6.07, 6.45) is 0. The Labute approximate surface area is 190 Å². The molecular formula is C27H21NO3S. The van der Waals surface area contributed by atoms with Crippen LogP contribution in [0.25, 0.3) is 16.5 Å². The van der Waals surface area contributed by atoms with Crippen LogP contribution >= 0.6 is 11.3 Å². The van der Waals surface area contributed by atoms with Crippen LogP contribution in [0.4, 0.5) is 0 Å². The monoisotopic (exact) mass is 439 g/mol. The molecule has 4 nitrogen and oxygen atoms in total. The lowest BCUT2D eigenvalue weighted by Gasteiger charge is -2.25. The van der Waals surface area contributed by atoms with Crippen molar-refractivity contribution >= 4 is 39.6 Å². The average molecular weight is 440 g/mol. The largest absolute Gasteiger partial charge is 0.507 e. The zero-order valence-corrected chi connectivity index (χ0v) is 18.3. The van der Waals surface area contributed by atoms with Crippen LogP contribution in [0.1, 0.15) is 27.6 Å². The minimum Gasteiger partial charge on any atom is -0.507 e. The van der Waals surface area contributed by atoms with Gasteiger partial charge >= 0.3 is 0 Å². The van der Waals surface area contributed by atoms with Gasteiger partial charge in [-0.25, -0.2) is 0 Å². The number of ketones is 1. The van der Waals surface area contributed by atoms with Gasteiger partial charge in [-0.1, -0.05) is 78.4 Å². The molecule has 2 heterocycles. The fourth-order valence-electron chi connectivity index (χ4n) is 4.38. The molecule has 1 unspecified atom stereocenters. The predicted molar refractivity (Wildman–Crippen MR) is 127 cm³/mol. The van der Waals surface area contributed by atoms with Gasteiger partial charge in [-0.05, 0) is 34.7 Å². The van der Waals surface area contributed by atoms with Gasteiger partial charge in [0.1, 0.15) is 5.76 Å². The number of aliphatic hydroxyl groups excluding tert-OH is 1. The normalized spacial score (nSPS) is 17.9. The summed E-state index contributed by atoms with van der Waals surface area (Å²) in [7, 11) is 0. The average Bonchev–Trinajstić information content (AvgIpc) is 3.40. The van der Waals surface area contributed by atoms with E-state index in [1.165, 1.54) is 11.3 Å². The van der Waals surface area contributed by atoms with Gasteiger partial charge in [0, 0.05) is 10.4 Å². The smallest absolute Gasteiger partial charge is 0.295 e. The maximum absolute atomic E-state index is 13.3. The fraction of sp³-hybridized carbons (Fsp3) is 0.111. The highest BCUT2D eigenvalue weighted by atomic mass is 32.1. The molecule has 1 aromatic heterocycles. The molecule has 0 aliphatic carbocycles. The van der Waals surface area contributed by atoms with Crippen molar-refractivity contribution in [1.29, 1.82) is 0 Å². The Kier molecular flexibility index (Phi) is 5.11. The van der Waals surface area contributed by atoms with Gasteiger partial charge in [0.2, 0.25) is 0 Å². The number of aliphatic hydroxyl groups is 1. The van der Waals surface area contributed by atoms with Gasteiger partial charge in [0.05, 0.1) is 18.2 Å². The van der Waals surface area contributed by atoms with Crippen LogP contribution in [0, 0.1) is 6.92 Å². The molecule has 1 N–H and O–H groups in total. The van der Waals surface area contributed by atoms with Crippen molar-refractivity contribution in [2.75, 3.05) is 0 Å². The molecule has 0 radical (unpaired) electrons. The van der Waals surface area contributed by atoms with Crippen LogP contribution in [-0.2, 0) is 16.1 Å². The zero-order valence-electron chi connectivity index (χ0n) is 17.5. The Morgan fingerprint density at radius 3 is 2.53 bits per heavy atom. The van der Waals surface area contributed by atoms with Crippen molar-refractivity contribution in [1.82, 2.24) is 4.90 Å². The van der Waals surface area contributed by atoms with Crippen molar-refractivity contribution in [2.24, 2.45) is 0 Å². The number of amides is 1. The second-order valence-electron chi connectivity index (χ2n) is 7.95. The lowest BCUT2D eigenvalue weighted by atomic mass is 9.93. The standard InChI is InChI=1S/C27H21NO3S/c1-17-7-4-10-19(15-17)24-23(26(30)27(31)28(24)16-20-11-6-14-32-20)25(29)22-13-5-9-18-8-2-3-12-21(18)22/h2-15,24,29H,16H2,1H3/b25-23-. The first-order valence-electron chi connectivity index (χ1n) is 10.4. The number of likely N-dealkylation sites (tertiary alicyclic amines) is 1. The van der Waals surface area contributed by atoms with Crippen LogP contribution < -0.4 is 0 Å². The van der Waals surface area contributed by atoms with Crippen LogP contribution in [0.3, 0.4) is 0 Å². The number of benzene rings is 3. The van der Waals surface area contributed by atoms with Gasteiger partial charge < -0.3 is 10.0 Å². The predicted octanol–water partition coefficient (Wildman–Crippen LogP) is 5.83. The lowest BCUT2D eigenvalue weighted by Crippen LogP contribution is -2.28. The van der Waals surface area contributed by atoms with E-state index in [4.69, 9.17) is 0 Å². The molecule has 1 atom stereocenters. The second-order valence-corrected chi connectivity index (χ2v) is 8.98. The number of carbonyl (C=O) groups excluding carboxylic acids is 2. The van der Waals surface area contributed by atoms with E-state index in [1.54, 1.807) is 11.0 Å². The highest BCUT2D eigenvalue weighted by Crippen LogP contribution is 2.41. The SMILES string of the molecule is Cc1cccc(C2/C(=C(/O)c3cccc4ccccc34)C(=O)C(=O)N2Cc2cccs2)c1. The summed E-state index contributed by atoms with van der Waals surface area (Å²) in [6, 6.07) is 24.3. The van der Waals surface area contributed by atoms with Gasteiger partial charge in [-0.15, -0.1) is 11.3 Å². The van der Waals surface area contributed by atoms with Crippen LogP contribution in [0.15, 0.2) is 89.8 Å². The van der Waals surface area contributed by atoms with Crippen molar-refractivity contribution in [3.05, 3.63) is 111 Å². The molecule has 1 saturated heterocycles. The third-order valence-electron chi connectivity index (χ3n) is 5.85. The number of rotatable bonds is 4. The fourth-order valence-corrected chi connectivity index (χ4v) is 5.08. The summed E-state index contributed by atoms with van der Waals surface area (Å²) < 4.78 is 0. The Bertz CT molecular complexity index is 1370. The molecule has 5 rings (SSSR count). The summed E-state index contributed by atoms with van der Waals surface area (Å²) in [4.78, 5) is 29.0. The maximum Gasteiger partial charge on any atom is 0.295 e. The van der Waals surface area contributed by atoms with Gasteiger partial charge in [0.25, 0.3) is 11.7 Å². The van der Waals surface area contributed by atoms with Crippen LogP contribution in [-0.4, -0.2) is 21.7 Å². The minimum atomic E-state index is -0.657. The number of aryl methyl sites for hydroxylation is 1. The number of hydrogen-bond acceptors (Lipinski definition) is 4. The zero-order chi connectivity index (χ0) is 22.2. The van der Waals surface area contributed by atoms with Gasteiger partial charge in [-0.3, -0.25) is 9.59 Å². The molecule has 32 heavy (non-hydrogen) atoms. The number of nitrogens with zero attached hydrogens (tertiary/aromatic N) is 1.